The summed E-state index contributed by atoms with van der Waals surface area (Å²) in [4.78, 5) is 14.6. The number of fused-ring (bicyclic) bond motifs is 2. The molecule has 8 heteroatoms. The van der Waals surface area contributed by atoms with Gasteiger partial charge in [0.05, 0.1) is 21.2 Å². The Bertz CT molecular complexity index is 1440. The van der Waals surface area contributed by atoms with Crippen LogP contribution in [0.15, 0.2) is 64.5 Å². The number of Topliss-reactive ketones (excluding diaryl/α,β-unsaturated/α-hetero) is 1. The van der Waals surface area contributed by atoms with Crippen LogP contribution < -0.4 is 10.2 Å². The van der Waals surface area contributed by atoms with Gasteiger partial charge in [0.25, 0.3) is 0 Å². The second-order valence-corrected chi connectivity index (χ2v) is 12.6. The van der Waals surface area contributed by atoms with E-state index in [2.05, 4.69) is 16.5 Å². The van der Waals surface area contributed by atoms with Crippen LogP contribution in [0.25, 0.3) is 0 Å². The minimum atomic E-state index is -3.58. The zero-order valence-electron chi connectivity index (χ0n) is 20.8. The van der Waals surface area contributed by atoms with Crippen molar-refractivity contribution in [3.05, 3.63) is 60.3 Å². The molecular weight excluding hydrogens is 472 g/mol. The number of benzene rings is 2. The molecule has 0 amide bonds. The molecule has 0 bridgehead atoms. The van der Waals surface area contributed by atoms with Crippen molar-refractivity contribution < 1.29 is 14.6 Å². The molecule has 1 N–H and O–H groups in total. The maximum absolute atomic E-state index is 13.4. The Morgan fingerprint density at radius 1 is 1.06 bits per heavy atom. The molecule has 2 aromatic carbocycles. The lowest BCUT2D eigenvalue weighted by atomic mass is 9.76. The Hall–Kier alpha value is -3.13. The van der Waals surface area contributed by atoms with E-state index in [-0.39, 0.29) is 12.9 Å². The molecule has 1 aliphatic heterocycles. The first kappa shape index (κ1) is 23.3. The fourth-order valence-electron chi connectivity index (χ4n) is 6.13. The highest BCUT2D eigenvalue weighted by molar-refractivity contribution is 7.92. The van der Waals surface area contributed by atoms with E-state index < -0.39 is 9.84 Å². The van der Waals surface area contributed by atoms with Crippen molar-refractivity contribution in [1.29, 1.82) is 0 Å². The summed E-state index contributed by atoms with van der Waals surface area (Å²) in [7, 11) is 0.274. The quantitative estimate of drug-likeness (QED) is 0.478. The highest BCUT2D eigenvalue weighted by atomic mass is 32.2. The van der Waals surface area contributed by atoms with Gasteiger partial charge in [0.15, 0.2) is 0 Å². The second kappa shape index (κ2) is 8.47. The van der Waals surface area contributed by atoms with E-state index in [1.54, 1.807) is 22.9 Å². The van der Waals surface area contributed by atoms with Crippen LogP contribution in [0, 0.1) is 5.92 Å². The maximum atomic E-state index is 13.4. The molecule has 1 atom stereocenters. The van der Waals surface area contributed by atoms with Gasteiger partial charge in [-0.1, -0.05) is 18.2 Å². The predicted molar refractivity (Wildman–Crippen MR) is 142 cm³/mol. The lowest BCUT2D eigenvalue weighted by molar-refractivity contribution is -0.121. The van der Waals surface area contributed by atoms with Crippen LogP contribution in [-0.4, -0.2) is 36.6 Å². The highest BCUT2D eigenvalue weighted by Crippen LogP contribution is 2.54. The third-order valence-corrected chi connectivity index (χ3v) is 10.2. The Kier molecular flexibility index (Phi) is 5.48. The maximum Gasteiger partial charge on any atom is 0.210 e. The fraction of sp³-hybridized carbons (Fsp3) is 0.429. The molecule has 6 rings (SSSR count). The van der Waals surface area contributed by atoms with Gasteiger partial charge in [0.2, 0.25) is 9.84 Å². The molecule has 0 spiro atoms. The van der Waals surface area contributed by atoms with Gasteiger partial charge >= 0.3 is 0 Å². The molecule has 1 unspecified atom stereocenters. The van der Waals surface area contributed by atoms with E-state index in [0.29, 0.717) is 40.0 Å². The van der Waals surface area contributed by atoms with Crippen molar-refractivity contribution in [1.82, 2.24) is 9.78 Å². The van der Waals surface area contributed by atoms with Crippen LogP contribution in [0.5, 0.6) is 0 Å². The number of carbonyl (C=O) groups is 1. The Morgan fingerprint density at radius 3 is 2.47 bits per heavy atom. The first-order valence-electron chi connectivity index (χ1n) is 12.8. The molecule has 190 valence electrons. The van der Waals surface area contributed by atoms with Crippen LogP contribution >= 0.6 is 0 Å². The van der Waals surface area contributed by atoms with Gasteiger partial charge in [-0.15, -0.1) is 0 Å². The summed E-state index contributed by atoms with van der Waals surface area (Å²) in [5, 5.41) is 8.31. The lowest BCUT2D eigenvalue weighted by Gasteiger charge is -2.35. The Morgan fingerprint density at radius 2 is 1.78 bits per heavy atom. The van der Waals surface area contributed by atoms with E-state index in [0.717, 1.165) is 49.2 Å². The van der Waals surface area contributed by atoms with Gasteiger partial charge in [-0.3, -0.25) is 9.48 Å². The molecule has 36 heavy (non-hydrogen) atoms. The summed E-state index contributed by atoms with van der Waals surface area (Å²) >= 11 is 0. The number of hydrogen-bond acceptors (Lipinski definition) is 6. The van der Waals surface area contributed by atoms with Crippen molar-refractivity contribution in [2.24, 2.45) is 13.0 Å². The number of nitrogens with zero attached hydrogens (tertiary/aromatic N) is 3. The number of aryl methyl sites for hydroxylation is 1. The molecule has 2 saturated carbocycles. The molecule has 1 aromatic heterocycles. The summed E-state index contributed by atoms with van der Waals surface area (Å²) in [5.41, 5.74) is 2.46. The normalized spacial score (nSPS) is 20.9. The number of para-hydroxylation sites is 1. The predicted octanol–water partition coefficient (Wildman–Crippen LogP) is 5.46. The standard InChI is InChI=1S/C28H32N4O3S.H2/c1-31-16-13-27(30-31)29-28(14-15-28)22(17-19-7-10-21(33)11-8-19)20-9-12-26-24(18-20)32(2)23-5-3-4-6-25(23)36(26,34)35;/h3-6,9,12-13,16,18-19,22H,7-8,10-11,14-15,17H2,1-2H3,(H,29,30);1H. The van der Waals surface area contributed by atoms with E-state index in [1.165, 1.54) is 0 Å². The van der Waals surface area contributed by atoms with Crippen LogP contribution in [0.1, 0.15) is 57.9 Å². The molecule has 0 radical (unpaired) electrons. The molecule has 3 aromatic rings. The van der Waals surface area contributed by atoms with Crippen LogP contribution in [-0.2, 0) is 21.7 Å². The van der Waals surface area contributed by atoms with Gasteiger partial charge in [0, 0.05) is 52.1 Å². The zero-order chi connectivity index (χ0) is 25.1. The minimum absolute atomic E-state index is 0. The van der Waals surface area contributed by atoms with Crippen LogP contribution in [0.3, 0.4) is 0 Å². The number of carbonyl (C=O) groups excluding carboxylic acids is 1. The second-order valence-electron chi connectivity index (χ2n) is 10.7. The monoisotopic (exact) mass is 506 g/mol. The van der Waals surface area contributed by atoms with Gasteiger partial charge in [-0.25, -0.2) is 8.42 Å². The highest BCUT2D eigenvalue weighted by Gasteiger charge is 2.51. The minimum Gasteiger partial charge on any atom is -0.363 e. The number of ketones is 1. The summed E-state index contributed by atoms with van der Waals surface area (Å²) in [6.07, 6.45) is 8.18. The number of rotatable bonds is 6. The van der Waals surface area contributed by atoms with E-state index in [1.807, 2.05) is 49.5 Å². The summed E-state index contributed by atoms with van der Waals surface area (Å²) in [6.45, 7) is 0. The smallest absolute Gasteiger partial charge is 0.210 e. The van der Waals surface area contributed by atoms with Crippen molar-refractivity contribution in [3.63, 3.8) is 0 Å². The number of hydrogen-bond donors (Lipinski definition) is 1. The number of aromatic nitrogens is 2. The van der Waals surface area contributed by atoms with Crippen molar-refractivity contribution in [2.75, 3.05) is 17.3 Å². The Labute approximate surface area is 213 Å². The number of anilines is 3. The van der Waals surface area contributed by atoms with Crippen LogP contribution in [0.2, 0.25) is 0 Å². The molecule has 2 fully saturated rings. The van der Waals surface area contributed by atoms with Crippen molar-refractivity contribution in [2.45, 2.75) is 66.2 Å². The summed E-state index contributed by atoms with van der Waals surface area (Å²) in [5.74, 6) is 1.91. The fourth-order valence-corrected chi connectivity index (χ4v) is 7.82. The Balaban J connectivity index is 0.00000280. The third-order valence-electron chi connectivity index (χ3n) is 8.33. The first-order chi connectivity index (χ1) is 17.3. The first-order valence-corrected chi connectivity index (χ1v) is 14.3. The average molecular weight is 507 g/mol. The molecule has 0 saturated heterocycles. The molecule has 2 aliphatic carbocycles. The van der Waals surface area contributed by atoms with E-state index in [4.69, 9.17) is 0 Å². The van der Waals surface area contributed by atoms with Gasteiger partial charge in [-0.05, 0) is 67.9 Å². The topological polar surface area (TPSA) is 84.3 Å². The van der Waals surface area contributed by atoms with Gasteiger partial charge in [-0.2, -0.15) is 5.10 Å². The largest absolute Gasteiger partial charge is 0.363 e. The number of sulfone groups is 1. The van der Waals surface area contributed by atoms with Gasteiger partial charge < -0.3 is 10.2 Å². The average Bonchev–Trinajstić information content (AvgIpc) is 3.54. The lowest BCUT2D eigenvalue weighted by Crippen LogP contribution is -2.33. The summed E-state index contributed by atoms with van der Waals surface area (Å²) < 4.78 is 28.7. The van der Waals surface area contributed by atoms with E-state index >= 15 is 0 Å². The summed E-state index contributed by atoms with van der Waals surface area (Å²) in [6, 6.07) is 15.1. The van der Waals surface area contributed by atoms with E-state index in [9.17, 15) is 13.2 Å². The zero-order valence-corrected chi connectivity index (χ0v) is 21.6. The molecule has 3 aliphatic rings. The number of nitrogens with one attached hydrogen (secondary N) is 1. The molecule has 7 nitrogen and oxygen atoms in total. The SMILES string of the molecule is CN1c2ccccc2S(=O)(=O)c2ccc(C(CC3CCC(=O)CC3)C3(Nc4ccn(C)n4)CC3)cc21.[HH]. The van der Waals surface area contributed by atoms with Crippen molar-refractivity contribution in [3.8, 4) is 0 Å². The molecule has 2 heterocycles. The van der Waals surface area contributed by atoms with Gasteiger partial charge in [0.1, 0.15) is 11.6 Å². The van der Waals surface area contributed by atoms with Crippen LogP contribution in [0.4, 0.5) is 17.2 Å². The molecular formula is C28H34N4O3S. The van der Waals surface area contributed by atoms with Crippen molar-refractivity contribution >= 4 is 32.8 Å². The third kappa shape index (κ3) is 3.92.